The summed E-state index contributed by atoms with van der Waals surface area (Å²) in [5.74, 6) is 0. The van der Waals surface area contributed by atoms with Crippen molar-refractivity contribution in [2.45, 2.75) is 4.29 Å². The molecule has 0 aliphatic heterocycles. The average Bonchev–Trinajstić information content (AvgIpc) is 1.78. The van der Waals surface area contributed by atoms with Crippen LogP contribution < -0.4 is 5.73 Å². The molecule has 0 aliphatic carbocycles. The molecule has 0 spiro atoms. The average molecular weight is 589 g/mol. The minimum absolute atomic E-state index is 0.309. The highest BCUT2D eigenvalue weighted by molar-refractivity contribution is 9.42. The van der Waals surface area contributed by atoms with Crippen LogP contribution in [0.15, 0.2) is 5.16 Å². The first-order valence-electron chi connectivity index (χ1n) is 2.74. The SMILES string of the molecule is NC(=O)ON=C(C(Br)(Br)Br)C(Br)(Br)Br. The van der Waals surface area contributed by atoms with Gasteiger partial charge in [0.1, 0.15) is 5.71 Å². The van der Waals surface area contributed by atoms with Gasteiger partial charge in [0.25, 0.3) is 0 Å². The molecule has 0 rings (SSSR count). The number of nitrogens with zero attached hydrogens (tertiary/aromatic N) is 1. The molecule has 0 fully saturated rings. The third-order valence-electron chi connectivity index (χ3n) is 0.764. The zero-order chi connectivity index (χ0) is 11.6. The van der Waals surface area contributed by atoms with Crippen LogP contribution in [0.2, 0.25) is 0 Å². The largest absolute Gasteiger partial charge is 0.430 e. The van der Waals surface area contributed by atoms with E-state index in [4.69, 9.17) is 5.73 Å². The molecule has 10 heteroatoms. The Hall–Kier alpha value is 1.82. The van der Waals surface area contributed by atoms with E-state index in [0.29, 0.717) is 5.71 Å². The summed E-state index contributed by atoms with van der Waals surface area (Å²) in [6.45, 7) is 0. The van der Waals surface area contributed by atoms with E-state index in [9.17, 15) is 4.79 Å². The lowest BCUT2D eigenvalue weighted by Gasteiger charge is -2.21. The number of alkyl halides is 6. The zero-order valence-electron chi connectivity index (χ0n) is 6.11. The Labute approximate surface area is 131 Å². The van der Waals surface area contributed by atoms with Crippen molar-refractivity contribution < 1.29 is 9.63 Å². The van der Waals surface area contributed by atoms with E-state index in [1.165, 1.54) is 0 Å². The second-order valence-corrected chi connectivity index (χ2v) is 15.4. The topological polar surface area (TPSA) is 64.7 Å². The molecule has 0 heterocycles. The Bertz CT molecular complexity index is 238. The van der Waals surface area contributed by atoms with Crippen LogP contribution in [0.5, 0.6) is 0 Å². The number of rotatable bonds is 1. The summed E-state index contributed by atoms with van der Waals surface area (Å²) >= 11 is 19.3. The van der Waals surface area contributed by atoms with Crippen molar-refractivity contribution in [2.75, 3.05) is 0 Å². The van der Waals surface area contributed by atoms with Gasteiger partial charge in [0.05, 0.1) is 0 Å². The summed E-state index contributed by atoms with van der Waals surface area (Å²) in [6.07, 6.45) is -1.00. The summed E-state index contributed by atoms with van der Waals surface area (Å²) in [4.78, 5) is 14.7. The van der Waals surface area contributed by atoms with Gasteiger partial charge in [-0.2, -0.15) is 0 Å². The standard InChI is InChI=1S/C4H2Br6N2O2/c5-3(6,7)1(4(8,9)10)12-14-2(11)13/h(H2,11,13). The third kappa shape index (κ3) is 6.41. The predicted molar refractivity (Wildman–Crippen MR) is 77.1 cm³/mol. The number of primary amides is 1. The number of hydrogen-bond acceptors (Lipinski definition) is 3. The minimum atomic E-state index is -1.00. The van der Waals surface area contributed by atoms with Crippen LogP contribution in [0.3, 0.4) is 0 Å². The number of amides is 1. The van der Waals surface area contributed by atoms with Gasteiger partial charge in [0, 0.05) is 0 Å². The van der Waals surface area contributed by atoms with Crippen molar-refractivity contribution in [1.82, 2.24) is 0 Å². The van der Waals surface area contributed by atoms with Crippen LogP contribution in [0.25, 0.3) is 0 Å². The van der Waals surface area contributed by atoms with E-state index in [1.54, 1.807) is 0 Å². The molecule has 2 N–H and O–H groups in total. The Balaban J connectivity index is 4.93. The van der Waals surface area contributed by atoms with Gasteiger partial charge in [-0.25, -0.2) is 4.79 Å². The molecule has 4 nitrogen and oxygen atoms in total. The molecule has 0 unspecified atom stereocenters. The summed E-state index contributed by atoms with van der Waals surface area (Å²) in [5.41, 5.74) is 5.08. The Kier molecular flexibility index (Phi) is 6.72. The maximum absolute atomic E-state index is 10.4. The fourth-order valence-electron chi connectivity index (χ4n) is 0.355. The highest BCUT2D eigenvalue weighted by atomic mass is 80.0. The fourth-order valence-corrected chi connectivity index (χ4v) is 4.97. The molecule has 0 aromatic heterocycles. The number of nitrogens with two attached hydrogens (primary N) is 1. The van der Waals surface area contributed by atoms with E-state index in [-0.39, 0.29) is 0 Å². The summed E-state index contributed by atoms with van der Waals surface area (Å²) in [6, 6.07) is 0. The maximum Gasteiger partial charge on any atom is 0.430 e. The number of carbonyl (C=O) groups is 1. The van der Waals surface area contributed by atoms with E-state index < -0.39 is 10.4 Å². The summed E-state index contributed by atoms with van der Waals surface area (Å²) in [7, 11) is 0. The molecule has 0 radical (unpaired) electrons. The normalized spacial score (nSPS) is 12.1. The van der Waals surface area contributed by atoms with Crippen molar-refractivity contribution in [3.8, 4) is 0 Å². The lowest BCUT2D eigenvalue weighted by Crippen LogP contribution is -2.31. The van der Waals surface area contributed by atoms with E-state index in [0.717, 1.165) is 0 Å². The second kappa shape index (κ2) is 5.95. The molecule has 1 amide bonds. The van der Waals surface area contributed by atoms with Gasteiger partial charge < -0.3 is 5.73 Å². The highest BCUT2D eigenvalue weighted by Gasteiger charge is 2.40. The molecule has 0 saturated heterocycles. The molecule has 0 saturated carbocycles. The lowest BCUT2D eigenvalue weighted by atomic mass is 10.5. The lowest BCUT2D eigenvalue weighted by molar-refractivity contribution is 0.161. The number of oxime groups is 1. The van der Waals surface area contributed by atoms with Gasteiger partial charge in [-0.05, 0) is 0 Å². The van der Waals surface area contributed by atoms with Gasteiger partial charge in [-0.3, -0.25) is 4.84 Å². The van der Waals surface area contributed by atoms with Crippen LogP contribution in [0.1, 0.15) is 0 Å². The predicted octanol–water partition coefficient (Wildman–Crippen LogP) is 4.11. The van der Waals surface area contributed by atoms with Crippen molar-refractivity contribution in [3.05, 3.63) is 0 Å². The molecular formula is C4H2Br6N2O2. The molecule has 0 aliphatic rings. The van der Waals surface area contributed by atoms with Gasteiger partial charge in [-0.15, -0.1) is 0 Å². The molecule has 14 heavy (non-hydrogen) atoms. The van der Waals surface area contributed by atoms with Crippen molar-refractivity contribution in [2.24, 2.45) is 10.9 Å². The molecule has 0 bridgehead atoms. The van der Waals surface area contributed by atoms with Crippen LogP contribution in [0.4, 0.5) is 4.79 Å². The highest BCUT2D eigenvalue weighted by Crippen LogP contribution is 2.47. The van der Waals surface area contributed by atoms with Gasteiger partial charge in [0.2, 0.25) is 0 Å². The molecular weight excluding hydrogens is 587 g/mol. The number of halogens is 6. The number of carbonyl (C=O) groups excluding carboxylic acids is 1. The maximum atomic E-state index is 10.4. The molecule has 0 atom stereocenters. The third-order valence-corrected chi connectivity index (χ3v) is 3.02. The van der Waals surface area contributed by atoms with Crippen molar-refractivity contribution in [3.63, 3.8) is 0 Å². The van der Waals surface area contributed by atoms with E-state index in [1.807, 2.05) is 0 Å². The van der Waals surface area contributed by atoms with Crippen LogP contribution in [-0.4, -0.2) is 16.1 Å². The summed E-state index contributed by atoms with van der Waals surface area (Å²) < 4.78 is -1.70. The van der Waals surface area contributed by atoms with Crippen molar-refractivity contribution >= 4 is 107 Å². The second-order valence-electron chi connectivity index (χ2n) is 1.85. The summed E-state index contributed by atoms with van der Waals surface area (Å²) in [5, 5.41) is 3.53. The monoisotopic (exact) mass is 584 g/mol. The first kappa shape index (κ1) is 15.8. The van der Waals surface area contributed by atoms with Gasteiger partial charge >= 0.3 is 6.09 Å². The fraction of sp³-hybridized carbons (Fsp3) is 0.500. The quantitative estimate of drug-likeness (QED) is 0.217. The van der Waals surface area contributed by atoms with E-state index in [2.05, 4.69) is 106 Å². The number of hydrogen-bond donors (Lipinski definition) is 1. The molecule has 0 aromatic rings. The van der Waals surface area contributed by atoms with Crippen LogP contribution >= 0.6 is 95.6 Å². The molecule has 82 valence electrons. The van der Waals surface area contributed by atoms with Crippen molar-refractivity contribution in [1.29, 1.82) is 0 Å². The molecule has 0 aromatic carbocycles. The van der Waals surface area contributed by atoms with Gasteiger partial charge in [-0.1, -0.05) is 101 Å². The first-order valence-corrected chi connectivity index (χ1v) is 7.49. The van der Waals surface area contributed by atoms with E-state index >= 15 is 0 Å². The van der Waals surface area contributed by atoms with Gasteiger partial charge in [0.15, 0.2) is 4.29 Å². The Morgan fingerprint density at radius 1 is 1.07 bits per heavy atom. The van der Waals surface area contributed by atoms with Crippen LogP contribution in [-0.2, 0) is 4.84 Å². The zero-order valence-corrected chi connectivity index (χ0v) is 15.6. The minimum Gasteiger partial charge on any atom is -0.333 e. The van der Waals surface area contributed by atoms with Crippen LogP contribution in [0, 0.1) is 0 Å². The smallest absolute Gasteiger partial charge is 0.333 e. The Morgan fingerprint density at radius 2 is 1.43 bits per heavy atom. The first-order chi connectivity index (χ1) is 6.05. The Morgan fingerprint density at radius 3 is 1.64 bits per heavy atom.